The minimum Gasteiger partial charge on any atom is -0.466 e. The predicted octanol–water partition coefficient (Wildman–Crippen LogP) is 3.67. The second-order valence-electron chi connectivity index (χ2n) is 3.62. The monoisotopic (exact) mass is 258 g/mol. The van der Waals surface area contributed by atoms with Gasteiger partial charge in [-0.05, 0) is 29.7 Å². The number of rotatable bonds is 3. The van der Waals surface area contributed by atoms with Gasteiger partial charge < -0.3 is 4.74 Å². The van der Waals surface area contributed by atoms with Gasteiger partial charge in [-0.3, -0.25) is 0 Å². The average Bonchev–Trinajstić information content (AvgIpc) is 2.34. The van der Waals surface area contributed by atoms with Crippen LogP contribution in [0, 0.1) is 0 Å². The highest BCUT2D eigenvalue weighted by atomic mass is 19.4. The van der Waals surface area contributed by atoms with E-state index in [9.17, 15) is 18.0 Å². The Labute approximate surface area is 103 Å². The number of allylic oxidation sites excluding steroid dienone is 1. The zero-order valence-corrected chi connectivity index (χ0v) is 10.0. The van der Waals surface area contributed by atoms with E-state index in [0.717, 1.165) is 12.1 Å². The highest BCUT2D eigenvalue weighted by molar-refractivity contribution is 5.91. The van der Waals surface area contributed by atoms with E-state index in [1.165, 1.54) is 25.3 Å². The largest absolute Gasteiger partial charge is 0.466 e. The molecule has 0 aliphatic heterocycles. The molecule has 0 heterocycles. The van der Waals surface area contributed by atoms with Crippen LogP contribution in [0.1, 0.15) is 24.5 Å². The van der Waals surface area contributed by atoms with Crippen LogP contribution in [0.2, 0.25) is 0 Å². The minimum absolute atomic E-state index is 0.522. The number of carbonyl (C=O) groups is 1. The highest BCUT2D eigenvalue weighted by Crippen LogP contribution is 2.30. The van der Waals surface area contributed by atoms with Crippen molar-refractivity contribution in [2.75, 3.05) is 7.11 Å². The molecule has 0 radical (unpaired) electrons. The molecule has 1 aromatic rings. The summed E-state index contributed by atoms with van der Waals surface area (Å²) in [7, 11) is 1.25. The first-order valence-corrected chi connectivity index (χ1v) is 5.34. The van der Waals surface area contributed by atoms with E-state index in [4.69, 9.17) is 0 Å². The molecule has 0 N–H and O–H groups in total. The predicted molar refractivity (Wildman–Crippen MR) is 61.7 cm³/mol. The van der Waals surface area contributed by atoms with Crippen LogP contribution in [0.5, 0.6) is 0 Å². The Morgan fingerprint density at radius 3 is 2.22 bits per heavy atom. The Bertz CT molecular complexity index is 444. The zero-order valence-electron chi connectivity index (χ0n) is 10.0. The second kappa shape index (κ2) is 5.71. The number of halogens is 3. The van der Waals surface area contributed by atoms with Crippen LogP contribution in [0.3, 0.4) is 0 Å². The molecule has 0 aliphatic rings. The van der Waals surface area contributed by atoms with Gasteiger partial charge in [0.15, 0.2) is 0 Å². The first-order chi connectivity index (χ1) is 8.38. The summed E-state index contributed by atoms with van der Waals surface area (Å²) in [6, 6.07) is 4.69. The molecule has 0 saturated heterocycles. The van der Waals surface area contributed by atoms with Gasteiger partial charge in [0.1, 0.15) is 0 Å². The lowest BCUT2D eigenvalue weighted by Crippen LogP contribution is -2.04. The molecule has 5 heteroatoms. The van der Waals surface area contributed by atoms with Crippen LogP contribution in [-0.2, 0) is 15.7 Å². The Morgan fingerprint density at radius 2 is 1.83 bits per heavy atom. The Balaban J connectivity index is 3.03. The molecule has 98 valence electrons. The van der Waals surface area contributed by atoms with Gasteiger partial charge in [0, 0.05) is 6.08 Å². The Hall–Kier alpha value is -1.78. The van der Waals surface area contributed by atoms with Gasteiger partial charge in [-0.25, -0.2) is 4.79 Å². The molecule has 0 amide bonds. The number of benzene rings is 1. The Morgan fingerprint density at radius 1 is 1.28 bits per heavy atom. The molecule has 1 rings (SSSR count). The van der Waals surface area contributed by atoms with Gasteiger partial charge in [0.25, 0.3) is 0 Å². The van der Waals surface area contributed by atoms with Gasteiger partial charge >= 0.3 is 12.1 Å². The van der Waals surface area contributed by atoms with Gasteiger partial charge in [-0.2, -0.15) is 13.2 Å². The molecule has 0 fully saturated rings. The number of hydrogen-bond donors (Lipinski definition) is 0. The molecule has 0 aliphatic carbocycles. The van der Waals surface area contributed by atoms with E-state index in [1.54, 1.807) is 0 Å². The summed E-state index contributed by atoms with van der Waals surface area (Å²) in [5, 5.41) is 0. The lowest BCUT2D eigenvalue weighted by molar-refractivity contribution is -0.137. The maximum Gasteiger partial charge on any atom is 0.416 e. The van der Waals surface area contributed by atoms with Gasteiger partial charge in [0.2, 0.25) is 0 Å². The molecule has 18 heavy (non-hydrogen) atoms. The summed E-state index contributed by atoms with van der Waals surface area (Å²) in [6.07, 6.45) is -2.54. The van der Waals surface area contributed by atoms with Gasteiger partial charge in [0.05, 0.1) is 12.7 Å². The lowest BCUT2D eigenvalue weighted by Gasteiger charge is -2.09. The molecule has 1 aromatic carbocycles. The van der Waals surface area contributed by atoms with Crippen molar-refractivity contribution in [1.82, 2.24) is 0 Å². The van der Waals surface area contributed by atoms with Crippen molar-refractivity contribution in [3.8, 4) is 0 Å². The summed E-state index contributed by atoms with van der Waals surface area (Å²) >= 11 is 0. The number of alkyl halides is 3. The van der Waals surface area contributed by atoms with Crippen molar-refractivity contribution in [2.45, 2.75) is 19.5 Å². The maximum absolute atomic E-state index is 12.4. The van der Waals surface area contributed by atoms with Crippen molar-refractivity contribution in [3.05, 3.63) is 41.5 Å². The van der Waals surface area contributed by atoms with E-state index in [2.05, 4.69) is 4.74 Å². The molecular formula is C13H13F3O2. The van der Waals surface area contributed by atoms with Crippen LogP contribution in [-0.4, -0.2) is 13.1 Å². The quantitative estimate of drug-likeness (QED) is 0.610. The zero-order chi connectivity index (χ0) is 13.8. The van der Waals surface area contributed by atoms with Gasteiger partial charge in [-0.15, -0.1) is 0 Å². The summed E-state index contributed by atoms with van der Waals surface area (Å²) in [6.45, 7) is 1.81. The number of esters is 1. The fraction of sp³-hybridized carbons (Fsp3) is 0.308. The smallest absolute Gasteiger partial charge is 0.416 e. The summed E-state index contributed by atoms with van der Waals surface area (Å²) in [4.78, 5) is 11.1. The highest BCUT2D eigenvalue weighted by Gasteiger charge is 2.29. The third-order valence-electron chi connectivity index (χ3n) is 2.46. The molecule has 2 nitrogen and oxygen atoms in total. The third kappa shape index (κ3) is 3.61. The fourth-order valence-corrected chi connectivity index (χ4v) is 1.46. The first kappa shape index (κ1) is 14.3. The SMILES string of the molecule is CC/C(=C/C(=O)OC)c1ccc(C(F)(F)F)cc1. The van der Waals surface area contributed by atoms with Crippen molar-refractivity contribution in [2.24, 2.45) is 0 Å². The molecule has 0 atom stereocenters. The molecule has 0 unspecified atom stereocenters. The van der Waals surface area contributed by atoms with E-state index >= 15 is 0 Å². The van der Waals surface area contributed by atoms with Crippen molar-refractivity contribution in [3.63, 3.8) is 0 Å². The maximum atomic E-state index is 12.4. The number of carbonyl (C=O) groups excluding carboxylic acids is 1. The van der Waals surface area contributed by atoms with Crippen LogP contribution < -0.4 is 0 Å². The normalized spacial score (nSPS) is 12.4. The molecule has 0 spiro atoms. The van der Waals surface area contributed by atoms with E-state index in [0.29, 0.717) is 17.6 Å². The Kier molecular flexibility index (Phi) is 4.53. The topological polar surface area (TPSA) is 26.3 Å². The third-order valence-corrected chi connectivity index (χ3v) is 2.46. The lowest BCUT2D eigenvalue weighted by atomic mass is 10.0. The van der Waals surface area contributed by atoms with E-state index in [-0.39, 0.29) is 0 Å². The van der Waals surface area contributed by atoms with Crippen LogP contribution in [0.4, 0.5) is 13.2 Å². The van der Waals surface area contributed by atoms with Crippen LogP contribution >= 0.6 is 0 Å². The average molecular weight is 258 g/mol. The van der Waals surface area contributed by atoms with E-state index < -0.39 is 17.7 Å². The standard InChI is InChI=1S/C13H13F3O2/c1-3-9(8-12(17)18-2)10-4-6-11(7-5-10)13(14,15)16/h4-8H,3H2,1-2H3/b9-8-. The molecule has 0 aromatic heterocycles. The molecule has 0 bridgehead atoms. The number of hydrogen-bond acceptors (Lipinski definition) is 2. The van der Waals surface area contributed by atoms with Gasteiger partial charge in [-0.1, -0.05) is 19.1 Å². The van der Waals surface area contributed by atoms with Crippen molar-refractivity contribution < 1.29 is 22.7 Å². The summed E-state index contributed by atoms with van der Waals surface area (Å²) in [5.41, 5.74) is 0.506. The minimum atomic E-state index is -4.35. The van der Waals surface area contributed by atoms with Crippen molar-refractivity contribution >= 4 is 11.5 Å². The van der Waals surface area contributed by atoms with E-state index in [1.807, 2.05) is 6.92 Å². The first-order valence-electron chi connectivity index (χ1n) is 5.34. The molecule has 0 saturated carbocycles. The van der Waals surface area contributed by atoms with Crippen LogP contribution in [0.25, 0.3) is 5.57 Å². The van der Waals surface area contributed by atoms with Crippen molar-refractivity contribution in [1.29, 1.82) is 0 Å². The summed E-state index contributed by atoms with van der Waals surface area (Å²) < 4.78 is 41.6. The van der Waals surface area contributed by atoms with Crippen LogP contribution in [0.15, 0.2) is 30.3 Å². The molecular weight excluding hydrogens is 245 g/mol. The number of ether oxygens (including phenoxy) is 1. The second-order valence-corrected chi connectivity index (χ2v) is 3.62. The number of methoxy groups -OCH3 is 1. The summed E-state index contributed by atoms with van der Waals surface area (Å²) in [5.74, 6) is -0.522. The fourth-order valence-electron chi connectivity index (χ4n) is 1.46.